The summed E-state index contributed by atoms with van der Waals surface area (Å²) in [6, 6.07) is 5.73. The van der Waals surface area contributed by atoms with Crippen molar-refractivity contribution in [2.24, 2.45) is 0 Å². The van der Waals surface area contributed by atoms with Gasteiger partial charge in [-0.25, -0.2) is 0 Å². The van der Waals surface area contributed by atoms with E-state index in [0.29, 0.717) is 6.42 Å². The first-order valence-electron chi connectivity index (χ1n) is 5.82. The third-order valence-corrected chi connectivity index (χ3v) is 2.97. The second-order valence-corrected chi connectivity index (χ2v) is 4.17. The second kappa shape index (κ2) is 4.57. The molecule has 0 fully saturated rings. The summed E-state index contributed by atoms with van der Waals surface area (Å²) in [6.07, 6.45) is 1.34. The van der Waals surface area contributed by atoms with Gasteiger partial charge in [0.05, 0.1) is 0 Å². The molecule has 0 radical (unpaired) electrons. The fourth-order valence-corrected chi connectivity index (χ4v) is 2.03. The van der Waals surface area contributed by atoms with E-state index in [-0.39, 0.29) is 11.8 Å². The number of hydrogen-bond acceptors (Lipinski definition) is 2. The van der Waals surface area contributed by atoms with Gasteiger partial charge in [-0.1, -0.05) is 13.0 Å². The summed E-state index contributed by atoms with van der Waals surface area (Å²) in [6.45, 7) is 4.10. The summed E-state index contributed by atoms with van der Waals surface area (Å²) in [5, 5.41) is 2.80. The number of benzene rings is 1. The van der Waals surface area contributed by atoms with Crippen LogP contribution < -0.4 is 10.2 Å². The molecule has 4 heteroatoms. The molecule has 0 unspecified atom stereocenters. The molecule has 0 bridgehead atoms. The lowest BCUT2D eigenvalue weighted by atomic mass is 10.1. The lowest BCUT2D eigenvalue weighted by Crippen LogP contribution is -2.25. The minimum Gasteiger partial charge on any atom is -0.326 e. The van der Waals surface area contributed by atoms with Crippen LogP contribution in [-0.2, 0) is 16.0 Å². The maximum atomic E-state index is 11.4. The Morgan fingerprint density at radius 1 is 1.41 bits per heavy atom. The molecule has 90 valence electrons. The van der Waals surface area contributed by atoms with Gasteiger partial charge in [0, 0.05) is 31.3 Å². The highest BCUT2D eigenvalue weighted by Gasteiger charge is 2.22. The molecule has 0 saturated carbocycles. The van der Waals surface area contributed by atoms with E-state index in [9.17, 15) is 9.59 Å². The van der Waals surface area contributed by atoms with Crippen LogP contribution in [0, 0.1) is 0 Å². The van der Waals surface area contributed by atoms with Gasteiger partial charge in [0.2, 0.25) is 11.8 Å². The van der Waals surface area contributed by atoms with E-state index < -0.39 is 0 Å². The minimum absolute atomic E-state index is 0.0164. The molecular weight excluding hydrogens is 216 g/mol. The molecule has 2 rings (SSSR count). The number of carbonyl (C=O) groups excluding carboxylic acids is 2. The zero-order valence-electron chi connectivity index (χ0n) is 10.1. The Kier molecular flexibility index (Phi) is 3.13. The molecule has 4 nitrogen and oxygen atoms in total. The van der Waals surface area contributed by atoms with Crippen molar-refractivity contribution in [3.63, 3.8) is 0 Å². The summed E-state index contributed by atoms with van der Waals surface area (Å²) in [7, 11) is 0. The third kappa shape index (κ3) is 2.30. The highest BCUT2D eigenvalue weighted by molar-refractivity contribution is 5.96. The van der Waals surface area contributed by atoms with Gasteiger partial charge < -0.3 is 10.2 Å². The van der Waals surface area contributed by atoms with Crippen molar-refractivity contribution in [2.75, 3.05) is 16.8 Å². The van der Waals surface area contributed by atoms with Gasteiger partial charge >= 0.3 is 0 Å². The number of anilines is 2. The lowest BCUT2D eigenvalue weighted by molar-refractivity contribution is -0.117. The minimum atomic E-state index is -0.0164. The van der Waals surface area contributed by atoms with Crippen LogP contribution in [0.3, 0.4) is 0 Å². The first kappa shape index (κ1) is 11.6. The molecule has 0 aliphatic carbocycles. The van der Waals surface area contributed by atoms with Crippen LogP contribution >= 0.6 is 0 Å². The maximum absolute atomic E-state index is 11.4. The largest absolute Gasteiger partial charge is 0.326 e. The van der Waals surface area contributed by atoms with E-state index in [1.54, 1.807) is 11.8 Å². The molecule has 1 heterocycles. The number of carbonyl (C=O) groups is 2. The molecule has 1 aliphatic rings. The van der Waals surface area contributed by atoms with E-state index in [1.807, 2.05) is 25.1 Å². The van der Waals surface area contributed by atoms with Gasteiger partial charge in [-0.05, 0) is 24.1 Å². The van der Waals surface area contributed by atoms with E-state index >= 15 is 0 Å². The average molecular weight is 232 g/mol. The summed E-state index contributed by atoms with van der Waals surface area (Å²) in [4.78, 5) is 24.5. The van der Waals surface area contributed by atoms with E-state index in [2.05, 4.69) is 5.32 Å². The van der Waals surface area contributed by atoms with Gasteiger partial charge in [0.15, 0.2) is 0 Å². The predicted octanol–water partition coefficient (Wildman–Crippen LogP) is 1.94. The van der Waals surface area contributed by atoms with Crippen molar-refractivity contribution in [2.45, 2.75) is 26.7 Å². The molecule has 0 saturated heterocycles. The van der Waals surface area contributed by atoms with Gasteiger partial charge in [0.1, 0.15) is 0 Å². The van der Waals surface area contributed by atoms with Gasteiger partial charge in [-0.2, -0.15) is 0 Å². The van der Waals surface area contributed by atoms with E-state index in [4.69, 9.17) is 0 Å². The number of rotatable bonds is 2. The Morgan fingerprint density at radius 2 is 2.18 bits per heavy atom. The second-order valence-electron chi connectivity index (χ2n) is 4.17. The maximum Gasteiger partial charge on any atom is 0.224 e. The monoisotopic (exact) mass is 232 g/mol. The van der Waals surface area contributed by atoms with Crippen LogP contribution in [0.2, 0.25) is 0 Å². The Morgan fingerprint density at radius 3 is 2.82 bits per heavy atom. The molecule has 2 amide bonds. The SMILES string of the molecule is CCC(=O)Nc1ccc2c(c1)N(C(C)=O)CC2. The molecular formula is C13H16N2O2. The van der Waals surface area contributed by atoms with E-state index in [1.165, 1.54) is 0 Å². The van der Waals surface area contributed by atoms with Crippen LogP contribution in [0.4, 0.5) is 11.4 Å². The van der Waals surface area contributed by atoms with Gasteiger partial charge in [-0.15, -0.1) is 0 Å². The zero-order chi connectivity index (χ0) is 12.4. The van der Waals surface area contributed by atoms with Crippen molar-refractivity contribution in [1.29, 1.82) is 0 Å². The van der Waals surface area contributed by atoms with Crippen LogP contribution in [0.25, 0.3) is 0 Å². The fraction of sp³-hybridized carbons (Fsp3) is 0.385. The van der Waals surface area contributed by atoms with Crippen LogP contribution in [0.15, 0.2) is 18.2 Å². The molecule has 0 aromatic heterocycles. The highest BCUT2D eigenvalue weighted by Crippen LogP contribution is 2.30. The normalized spacial score (nSPS) is 13.4. The number of hydrogen-bond donors (Lipinski definition) is 1. The number of nitrogens with one attached hydrogen (secondary N) is 1. The zero-order valence-corrected chi connectivity index (χ0v) is 10.1. The van der Waals surface area contributed by atoms with Crippen molar-refractivity contribution in [1.82, 2.24) is 0 Å². The molecule has 1 aromatic rings. The highest BCUT2D eigenvalue weighted by atomic mass is 16.2. The summed E-state index contributed by atoms with van der Waals surface area (Å²) >= 11 is 0. The van der Waals surface area contributed by atoms with Gasteiger partial charge in [0.25, 0.3) is 0 Å². The molecule has 17 heavy (non-hydrogen) atoms. The Hall–Kier alpha value is -1.84. The molecule has 1 N–H and O–H groups in total. The lowest BCUT2D eigenvalue weighted by Gasteiger charge is -2.15. The smallest absolute Gasteiger partial charge is 0.224 e. The van der Waals surface area contributed by atoms with Gasteiger partial charge in [-0.3, -0.25) is 9.59 Å². The third-order valence-electron chi connectivity index (χ3n) is 2.97. The Balaban J connectivity index is 2.27. The van der Waals surface area contributed by atoms with Crippen LogP contribution in [0.1, 0.15) is 25.8 Å². The standard InChI is InChI=1S/C13H16N2O2/c1-3-13(17)14-11-5-4-10-6-7-15(9(2)16)12(10)8-11/h4-5,8H,3,6-7H2,1-2H3,(H,14,17). The first-order chi connectivity index (χ1) is 8.11. The predicted molar refractivity (Wildman–Crippen MR) is 67.1 cm³/mol. The summed E-state index contributed by atoms with van der Waals surface area (Å²) in [5.74, 6) is 0.0278. The summed E-state index contributed by atoms with van der Waals surface area (Å²) < 4.78 is 0. The number of nitrogens with zero attached hydrogens (tertiary/aromatic N) is 1. The Bertz CT molecular complexity index is 468. The molecule has 0 spiro atoms. The van der Waals surface area contributed by atoms with Crippen molar-refractivity contribution in [3.05, 3.63) is 23.8 Å². The Labute approximate surface area is 101 Å². The number of amides is 2. The fourth-order valence-electron chi connectivity index (χ4n) is 2.03. The van der Waals surface area contributed by atoms with Crippen LogP contribution in [-0.4, -0.2) is 18.4 Å². The van der Waals surface area contributed by atoms with E-state index in [0.717, 1.165) is 29.9 Å². The molecule has 1 aromatic carbocycles. The quantitative estimate of drug-likeness (QED) is 0.847. The van der Waals surface area contributed by atoms with Crippen molar-refractivity contribution in [3.8, 4) is 0 Å². The summed E-state index contributed by atoms with van der Waals surface area (Å²) in [5.41, 5.74) is 2.84. The molecule has 0 atom stereocenters. The number of fused-ring (bicyclic) bond motifs is 1. The van der Waals surface area contributed by atoms with Crippen molar-refractivity contribution >= 4 is 23.2 Å². The topological polar surface area (TPSA) is 49.4 Å². The molecule has 1 aliphatic heterocycles. The van der Waals surface area contributed by atoms with Crippen LogP contribution in [0.5, 0.6) is 0 Å². The van der Waals surface area contributed by atoms with Crippen molar-refractivity contribution < 1.29 is 9.59 Å². The average Bonchev–Trinajstić information content (AvgIpc) is 2.71. The first-order valence-corrected chi connectivity index (χ1v) is 5.82.